The van der Waals surface area contributed by atoms with E-state index in [-0.39, 0.29) is 5.41 Å². The van der Waals surface area contributed by atoms with Crippen molar-refractivity contribution in [1.29, 1.82) is 0 Å². The smallest absolute Gasteiger partial charge is 0.0619 e. The highest BCUT2D eigenvalue weighted by molar-refractivity contribution is 6.10. The molecule has 0 aliphatic heterocycles. The van der Waals surface area contributed by atoms with Gasteiger partial charge in [0.1, 0.15) is 0 Å². The summed E-state index contributed by atoms with van der Waals surface area (Å²) in [6.07, 6.45) is 0. The molecule has 1 heterocycles. The molecule has 0 bridgehead atoms. The molecule has 0 saturated carbocycles. The van der Waals surface area contributed by atoms with Crippen molar-refractivity contribution in [3.63, 3.8) is 0 Å². The van der Waals surface area contributed by atoms with Gasteiger partial charge >= 0.3 is 0 Å². The third kappa shape index (κ3) is 5.94. The molecule has 2 heteroatoms. The summed E-state index contributed by atoms with van der Waals surface area (Å²) in [7, 11) is 0. The minimum absolute atomic E-state index is 0.235. The summed E-state index contributed by atoms with van der Waals surface area (Å²) >= 11 is 0. The predicted molar refractivity (Wildman–Crippen MR) is 267 cm³/mol. The molecular weight excluding hydrogens is 761 g/mol. The van der Waals surface area contributed by atoms with Gasteiger partial charge in [0.15, 0.2) is 0 Å². The van der Waals surface area contributed by atoms with Gasteiger partial charge in [-0.3, -0.25) is 0 Å². The lowest BCUT2D eigenvalue weighted by atomic mass is 9.81. The van der Waals surface area contributed by atoms with E-state index in [4.69, 9.17) is 0 Å². The first-order chi connectivity index (χ1) is 31.0. The maximum Gasteiger partial charge on any atom is 0.0619 e. The van der Waals surface area contributed by atoms with Gasteiger partial charge in [-0.2, -0.15) is 0 Å². The van der Waals surface area contributed by atoms with Crippen molar-refractivity contribution in [3.05, 3.63) is 242 Å². The fourth-order valence-electron chi connectivity index (χ4n) is 10.3. The summed E-state index contributed by atoms with van der Waals surface area (Å²) in [6, 6.07) is 84.5. The second-order valence-electron chi connectivity index (χ2n) is 17.3. The number of hydrogen-bond donors (Lipinski definition) is 0. The van der Waals surface area contributed by atoms with Crippen molar-refractivity contribution < 1.29 is 0 Å². The lowest BCUT2D eigenvalue weighted by Crippen LogP contribution is -2.15. The van der Waals surface area contributed by atoms with Gasteiger partial charge in [0.25, 0.3) is 0 Å². The summed E-state index contributed by atoms with van der Waals surface area (Å²) in [5.74, 6) is 0. The Bertz CT molecular complexity index is 3500. The Morgan fingerprint density at radius 2 is 0.937 bits per heavy atom. The van der Waals surface area contributed by atoms with E-state index in [0.29, 0.717) is 0 Å². The Morgan fingerprint density at radius 1 is 0.381 bits per heavy atom. The summed E-state index contributed by atoms with van der Waals surface area (Å²) in [5, 5.41) is 6.17. The molecule has 1 aliphatic rings. The molecule has 1 aromatic heterocycles. The zero-order valence-electron chi connectivity index (χ0n) is 35.3. The Morgan fingerprint density at radius 3 is 1.67 bits per heavy atom. The van der Waals surface area contributed by atoms with E-state index >= 15 is 0 Å². The molecule has 0 amide bonds. The molecule has 1 aliphatic carbocycles. The van der Waals surface area contributed by atoms with E-state index in [1.807, 2.05) is 0 Å². The van der Waals surface area contributed by atoms with Crippen LogP contribution in [0.25, 0.3) is 82.8 Å². The van der Waals surface area contributed by atoms with Crippen LogP contribution in [-0.4, -0.2) is 4.57 Å². The summed E-state index contributed by atoms with van der Waals surface area (Å²) in [5.41, 5.74) is 18.2. The minimum atomic E-state index is -0.235. The number of anilines is 3. The molecule has 298 valence electrons. The summed E-state index contributed by atoms with van der Waals surface area (Å²) in [6.45, 7) is 4.80. The largest absolute Gasteiger partial charge is 0.310 e. The van der Waals surface area contributed by atoms with E-state index in [2.05, 4.69) is 254 Å². The summed E-state index contributed by atoms with van der Waals surface area (Å²) < 4.78 is 2.54. The number of hydrogen-bond acceptors (Lipinski definition) is 1. The minimum Gasteiger partial charge on any atom is -0.310 e. The number of benzene rings is 10. The van der Waals surface area contributed by atoms with Crippen LogP contribution in [0, 0.1) is 0 Å². The quantitative estimate of drug-likeness (QED) is 0.156. The van der Waals surface area contributed by atoms with Gasteiger partial charge in [-0.15, -0.1) is 0 Å². The number of para-hydroxylation sites is 1. The zero-order chi connectivity index (χ0) is 42.1. The number of rotatable bonds is 7. The van der Waals surface area contributed by atoms with Crippen molar-refractivity contribution in [1.82, 2.24) is 4.57 Å². The van der Waals surface area contributed by atoms with E-state index in [1.165, 1.54) is 93.9 Å². The first-order valence-corrected chi connectivity index (χ1v) is 21.9. The Balaban J connectivity index is 1.02. The third-order valence-electron chi connectivity index (χ3n) is 13.4. The van der Waals surface area contributed by atoms with Crippen LogP contribution in [0.2, 0.25) is 0 Å². The fraction of sp³-hybridized carbons (Fsp3) is 0.0492. The molecule has 2 nitrogen and oxygen atoms in total. The van der Waals surface area contributed by atoms with E-state index in [9.17, 15) is 0 Å². The SMILES string of the molecule is CC1(C)c2cc(-c3ccc(N(c4ccccc4)c4cccc5ccccc45)cc3)ccc2-c2cc3c(-c4ccccc4)c(-c4ccccc4)n(-c4cccc5ccccc45)c3cc21. The number of nitrogens with zero attached hydrogens (tertiary/aromatic N) is 2. The van der Waals surface area contributed by atoms with Gasteiger partial charge in [-0.25, -0.2) is 0 Å². The predicted octanol–water partition coefficient (Wildman–Crippen LogP) is 16.7. The molecule has 0 spiro atoms. The highest BCUT2D eigenvalue weighted by atomic mass is 15.1. The Hall–Kier alpha value is -7.94. The molecule has 0 radical (unpaired) electrons. The van der Waals surface area contributed by atoms with Gasteiger partial charge in [-0.05, 0) is 110 Å². The van der Waals surface area contributed by atoms with Gasteiger partial charge in [-0.1, -0.05) is 190 Å². The topological polar surface area (TPSA) is 8.17 Å². The zero-order valence-corrected chi connectivity index (χ0v) is 35.3. The molecular formula is C61H44N2. The van der Waals surface area contributed by atoms with Crippen LogP contribution in [-0.2, 0) is 5.41 Å². The highest BCUT2D eigenvalue weighted by Crippen LogP contribution is 2.54. The molecule has 0 N–H and O–H groups in total. The molecule has 11 aromatic rings. The maximum atomic E-state index is 2.54. The molecule has 0 unspecified atom stereocenters. The van der Waals surface area contributed by atoms with Gasteiger partial charge in [0, 0.05) is 38.5 Å². The average Bonchev–Trinajstić information content (AvgIpc) is 3.79. The van der Waals surface area contributed by atoms with E-state index in [1.54, 1.807) is 0 Å². The second-order valence-corrected chi connectivity index (χ2v) is 17.3. The first-order valence-electron chi connectivity index (χ1n) is 21.9. The molecule has 0 fully saturated rings. The monoisotopic (exact) mass is 804 g/mol. The Labute approximate surface area is 368 Å². The third-order valence-corrected chi connectivity index (χ3v) is 13.4. The number of fused-ring (bicyclic) bond motifs is 6. The van der Waals surface area contributed by atoms with Crippen LogP contribution in [0.4, 0.5) is 17.1 Å². The molecule has 0 atom stereocenters. The molecule has 12 rings (SSSR count). The number of aromatic nitrogens is 1. The standard InChI is InChI=1S/C61H44N2/c1-61(2)54-38-46(41-32-35-48(36-33-41)62(47-26-10-5-11-27-47)56-30-16-24-42-18-12-14-28-49(42)56)34-37-51(54)52-39-53-58(40-55(52)61)63(57-31-17-25-43-19-13-15-29-50(43)57)60(45-22-8-4-9-23-45)59(53)44-20-6-3-7-21-44/h3-40H,1-2H3. The molecule has 63 heavy (non-hydrogen) atoms. The molecule has 0 saturated heterocycles. The Kier molecular flexibility index (Phi) is 8.55. The maximum absolute atomic E-state index is 2.54. The van der Waals surface area contributed by atoms with Crippen molar-refractivity contribution >= 4 is 49.5 Å². The van der Waals surface area contributed by atoms with Crippen LogP contribution in [0.3, 0.4) is 0 Å². The fourth-order valence-corrected chi connectivity index (χ4v) is 10.3. The van der Waals surface area contributed by atoms with Gasteiger partial charge in [0.2, 0.25) is 0 Å². The van der Waals surface area contributed by atoms with E-state index in [0.717, 1.165) is 17.1 Å². The lowest BCUT2D eigenvalue weighted by molar-refractivity contribution is 0.661. The normalized spacial score (nSPS) is 12.7. The van der Waals surface area contributed by atoms with E-state index < -0.39 is 0 Å². The van der Waals surface area contributed by atoms with Crippen LogP contribution in [0.1, 0.15) is 25.0 Å². The second kappa shape index (κ2) is 14.6. The highest BCUT2D eigenvalue weighted by Gasteiger charge is 2.37. The average molecular weight is 805 g/mol. The van der Waals surface area contributed by atoms with Crippen molar-refractivity contribution in [2.75, 3.05) is 4.90 Å². The molecule has 10 aromatic carbocycles. The first kappa shape index (κ1) is 36.9. The van der Waals surface area contributed by atoms with Crippen LogP contribution in [0.15, 0.2) is 231 Å². The van der Waals surface area contributed by atoms with Crippen LogP contribution < -0.4 is 4.90 Å². The lowest BCUT2D eigenvalue weighted by Gasteiger charge is -2.27. The van der Waals surface area contributed by atoms with Crippen LogP contribution in [0.5, 0.6) is 0 Å². The van der Waals surface area contributed by atoms with Crippen molar-refractivity contribution in [3.8, 4) is 50.3 Å². The van der Waals surface area contributed by atoms with Crippen molar-refractivity contribution in [2.45, 2.75) is 19.3 Å². The summed E-state index contributed by atoms with van der Waals surface area (Å²) in [4.78, 5) is 2.37. The van der Waals surface area contributed by atoms with Crippen molar-refractivity contribution in [2.24, 2.45) is 0 Å². The van der Waals surface area contributed by atoms with Gasteiger partial charge < -0.3 is 9.47 Å². The van der Waals surface area contributed by atoms with Crippen LogP contribution >= 0.6 is 0 Å². The van der Waals surface area contributed by atoms with Gasteiger partial charge in [0.05, 0.1) is 22.6 Å².